The SMILES string of the molecule is Cc1oc(C2=CCC(C)C(c3ccccc3)=C2)nc1CCOc1ccc(OC(C)(Cc2ccccc2)C(=O)O)cc1. The van der Waals surface area contributed by atoms with E-state index < -0.39 is 11.6 Å². The van der Waals surface area contributed by atoms with E-state index in [1.54, 1.807) is 31.2 Å². The number of aliphatic carboxylic acids is 1. The zero-order valence-electron chi connectivity index (χ0n) is 23.7. The number of carboxylic acid groups (broad SMARTS) is 1. The quantitative estimate of drug-likeness (QED) is 0.208. The summed E-state index contributed by atoms with van der Waals surface area (Å²) in [6.07, 6.45) is 6.17. The number of aryl methyl sites for hydroxylation is 1. The van der Waals surface area contributed by atoms with Crippen LogP contribution in [0.25, 0.3) is 11.1 Å². The van der Waals surface area contributed by atoms with Gasteiger partial charge in [0.05, 0.1) is 12.3 Å². The van der Waals surface area contributed by atoms with Crippen LogP contribution in [-0.2, 0) is 17.6 Å². The number of allylic oxidation sites excluding steroid dienone is 4. The van der Waals surface area contributed by atoms with Gasteiger partial charge in [0.25, 0.3) is 0 Å². The molecule has 0 saturated heterocycles. The van der Waals surface area contributed by atoms with E-state index in [2.05, 4.69) is 43.3 Å². The molecule has 0 spiro atoms. The molecule has 0 aliphatic heterocycles. The summed E-state index contributed by atoms with van der Waals surface area (Å²) in [5.74, 6) is 1.97. The van der Waals surface area contributed by atoms with Gasteiger partial charge >= 0.3 is 5.97 Å². The Morgan fingerprint density at radius 1 is 1.00 bits per heavy atom. The van der Waals surface area contributed by atoms with Crippen molar-refractivity contribution < 1.29 is 23.8 Å². The Morgan fingerprint density at radius 2 is 1.66 bits per heavy atom. The monoisotopic (exact) mass is 549 g/mol. The van der Waals surface area contributed by atoms with Gasteiger partial charge in [-0.05, 0) is 73.2 Å². The van der Waals surface area contributed by atoms with Crippen LogP contribution in [0.3, 0.4) is 0 Å². The minimum atomic E-state index is -1.39. The smallest absolute Gasteiger partial charge is 0.348 e. The molecule has 210 valence electrons. The first-order valence-corrected chi connectivity index (χ1v) is 13.9. The van der Waals surface area contributed by atoms with E-state index in [-0.39, 0.29) is 6.42 Å². The third-order valence-corrected chi connectivity index (χ3v) is 7.39. The number of oxazole rings is 1. The summed E-state index contributed by atoms with van der Waals surface area (Å²) in [6, 6.07) is 26.9. The largest absolute Gasteiger partial charge is 0.493 e. The fourth-order valence-corrected chi connectivity index (χ4v) is 5.00. The fraction of sp³-hybridized carbons (Fsp3) is 0.257. The summed E-state index contributed by atoms with van der Waals surface area (Å²) in [7, 11) is 0. The number of nitrogens with zero attached hydrogens (tertiary/aromatic N) is 1. The minimum absolute atomic E-state index is 0.250. The molecule has 0 bridgehead atoms. The number of ether oxygens (including phenoxy) is 2. The highest BCUT2D eigenvalue weighted by atomic mass is 16.5. The van der Waals surface area contributed by atoms with Crippen LogP contribution in [-0.4, -0.2) is 28.3 Å². The van der Waals surface area contributed by atoms with Crippen molar-refractivity contribution in [2.45, 2.75) is 45.6 Å². The lowest BCUT2D eigenvalue weighted by atomic mass is 9.85. The van der Waals surface area contributed by atoms with Crippen molar-refractivity contribution in [3.8, 4) is 11.5 Å². The number of carbonyl (C=O) groups is 1. The highest BCUT2D eigenvalue weighted by Gasteiger charge is 2.36. The van der Waals surface area contributed by atoms with Crippen molar-refractivity contribution in [1.82, 2.24) is 4.98 Å². The van der Waals surface area contributed by atoms with E-state index in [0.717, 1.165) is 29.0 Å². The first kappa shape index (κ1) is 28.0. The Kier molecular flexibility index (Phi) is 8.39. The summed E-state index contributed by atoms with van der Waals surface area (Å²) in [5.41, 5.74) is 3.89. The summed E-state index contributed by atoms with van der Waals surface area (Å²) >= 11 is 0. The maximum absolute atomic E-state index is 12.0. The van der Waals surface area contributed by atoms with Gasteiger partial charge in [-0.3, -0.25) is 0 Å². The van der Waals surface area contributed by atoms with Gasteiger partial charge in [0.2, 0.25) is 11.5 Å². The molecule has 41 heavy (non-hydrogen) atoms. The molecule has 1 aliphatic carbocycles. The van der Waals surface area contributed by atoms with Crippen molar-refractivity contribution in [3.05, 3.63) is 126 Å². The van der Waals surface area contributed by atoms with Crippen molar-refractivity contribution in [1.29, 1.82) is 0 Å². The molecule has 1 heterocycles. The van der Waals surface area contributed by atoms with Gasteiger partial charge < -0.3 is 19.0 Å². The van der Waals surface area contributed by atoms with E-state index >= 15 is 0 Å². The molecule has 6 nitrogen and oxygen atoms in total. The van der Waals surface area contributed by atoms with Crippen LogP contribution in [0.2, 0.25) is 0 Å². The Balaban J connectivity index is 1.19. The second-order valence-corrected chi connectivity index (χ2v) is 10.7. The van der Waals surface area contributed by atoms with Crippen LogP contribution < -0.4 is 9.47 Å². The zero-order chi connectivity index (χ0) is 28.8. The van der Waals surface area contributed by atoms with Crippen LogP contribution in [0.15, 0.2) is 101 Å². The maximum Gasteiger partial charge on any atom is 0.348 e. The lowest BCUT2D eigenvalue weighted by molar-refractivity contribution is -0.153. The van der Waals surface area contributed by atoms with Crippen molar-refractivity contribution in [3.63, 3.8) is 0 Å². The van der Waals surface area contributed by atoms with Crippen molar-refractivity contribution in [2.24, 2.45) is 5.92 Å². The topological polar surface area (TPSA) is 81.8 Å². The molecule has 0 saturated carbocycles. The molecule has 2 atom stereocenters. The predicted octanol–water partition coefficient (Wildman–Crippen LogP) is 7.58. The van der Waals surface area contributed by atoms with Gasteiger partial charge in [0.15, 0.2) is 0 Å². The summed E-state index contributed by atoms with van der Waals surface area (Å²) in [5, 5.41) is 9.85. The third kappa shape index (κ3) is 6.77. The average molecular weight is 550 g/mol. The Hall–Kier alpha value is -4.58. The molecule has 0 fully saturated rings. The van der Waals surface area contributed by atoms with E-state index in [1.807, 2.05) is 43.3 Å². The normalized spacial score (nSPS) is 16.3. The highest BCUT2D eigenvalue weighted by Crippen LogP contribution is 2.35. The molecule has 1 N–H and O–H groups in total. The maximum atomic E-state index is 12.0. The number of carboxylic acids is 1. The van der Waals surface area contributed by atoms with Crippen LogP contribution in [0, 0.1) is 12.8 Å². The molecule has 5 rings (SSSR count). The van der Waals surface area contributed by atoms with Gasteiger partial charge in [-0.2, -0.15) is 0 Å². The molecular formula is C35H35NO5. The highest BCUT2D eigenvalue weighted by molar-refractivity contribution is 5.84. The second kappa shape index (κ2) is 12.3. The van der Waals surface area contributed by atoms with E-state index in [1.165, 1.54) is 11.1 Å². The lowest BCUT2D eigenvalue weighted by Crippen LogP contribution is -2.43. The fourth-order valence-electron chi connectivity index (χ4n) is 5.00. The predicted molar refractivity (Wildman–Crippen MR) is 160 cm³/mol. The summed E-state index contributed by atoms with van der Waals surface area (Å²) in [4.78, 5) is 16.8. The standard InChI is InChI=1S/C35H35NO5/c1-24-14-15-28(22-31(24)27-12-8-5-9-13-27)33-36-32(25(2)40-33)20-21-39-29-16-18-30(19-17-29)41-35(3,34(37)38)23-26-10-6-4-7-11-26/h4-13,15-19,22,24H,14,20-21,23H2,1-3H3,(H,37,38). The molecule has 1 aliphatic rings. The summed E-state index contributed by atoms with van der Waals surface area (Å²) < 4.78 is 17.9. The molecule has 4 aromatic rings. The molecule has 3 aromatic carbocycles. The molecule has 6 heteroatoms. The van der Waals surface area contributed by atoms with E-state index in [0.29, 0.717) is 36.3 Å². The van der Waals surface area contributed by atoms with Gasteiger partial charge in [0.1, 0.15) is 17.3 Å². The van der Waals surface area contributed by atoms with Crippen LogP contribution in [0.4, 0.5) is 0 Å². The zero-order valence-corrected chi connectivity index (χ0v) is 23.7. The Bertz CT molecular complexity index is 1540. The third-order valence-electron chi connectivity index (χ3n) is 7.39. The van der Waals surface area contributed by atoms with Crippen molar-refractivity contribution in [2.75, 3.05) is 6.61 Å². The average Bonchev–Trinajstić information content (AvgIpc) is 3.35. The number of aromatic nitrogens is 1. The first-order chi connectivity index (χ1) is 19.8. The number of hydrogen-bond donors (Lipinski definition) is 1. The molecule has 0 amide bonds. The minimum Gasteiger partial charge on any atom is -0.493 e. The second-order valence-electron chi connectivity index (χ2n) is 10.7. The Morgan fingerprint density at radius 3 is 2.34 bits per heavy atom. The Labute approximate surface area is 241 Å². The van der Waals surface area contributed by atoms with Gasteiger partial charge in [-0.1, -0.05) is 73.7 Å². The molecule has 2 unspecified atom stereocenters. The number of rotatable bonds is 11. The van der Waals surface area contributed by atoms with Crippen LogP contribution >= 0.6 is 0 Å². The molecular weight excluding hydrogens is 514 g/mol. The lowest BCUT2D eigenvalue weighted by Gasteiger charge is -2.26. The van der Waals surface area contributed by atoms with E-state index in [9.17, 15) is 9.90 Å². The number of hydrogen-bond acceptors (Lipinski definition) is 5. The van der Waals surface area contributed by atoms with E-state index in [4.69, 9.17) is 18.9 Å². The summed E-state index contributed by atoms with van der Waals surface area (Å²) in [6.45, 7) is 6.18. The van der Waals surface area contributed by atoms with Gasteiger partial charge in [0, 0.05) is 18.4 Å². The number of benzene rings is 3. The van der Waals surface area contributed by atoms with Gasteiger partial charge in [-0.15, -0.1) is 0 Å². The molecule has 0 radical (unpaired) electrons. The van der Waals surface area contributed by atoms with Gasteiger partial charge in [-0.25, -0.2) is 9.78 Å². The first-order valence-electron chi connectivity index (χ1n) is 13.9. The van der Waals surface area contributed by atoms with Crippen LogP contribution in [0.1, 0.15) is 48.7 Å². The molecule has 1 aromatic heterocycles. The van der Waals surface area contributed by atoms with Crippen molar-refractivity contribution >= 4 is 17.1 Å². The van der Waals surface area contributed by atoms with Crippen LogP contribution in [0.5, 0.6) is 11.5 Å².